The van der Waals surface area contributed by atoms with Crippen LogP contribution in [-0.2, 0) is 22.6 Å². The van der Waals surface area contributed by atoms with Crippen LogP contribution in [-0.4, -0.2) is 40.3 Å². The minimum absolute atomic E-state index is 0.376. The molecule has 0 aliphatic rings. The van der Waals surface area contributed by atoms with Gasteiger partial charge in [-0.1, -0.05) is 19.1 Å². The van der Waals surface area contributed by atoms with Gasteiger partial charge in [0.2, 0.25) is 0 Å². The summed E-state index contributed by atoms with van der Waals surface area (Å²) in [5.41, 5.74) is 1.68. The molecule has 0 bridgehead atoms. The molecule has 2 rings (SSSR count). The van der Waals surface area contributed by atoms with Crippen molar-refractivity contribution in [2.24, 2.45) is 5.92 Å². The summed E-state index contributed by atoms with van der Waals surface area (Å²) in [7, 11) is 1.65. The van der Waals surface area contributed by atoms with E-state index < -0.39 is 0 Å². The maximum atomic E-state index is 5.40. The average molecular weight is 310 g/mol. The van der Waals surface area contributed by atoms with Crippen molar-refractivity contribution in [3.05, 3.63) is 16.6 Å². The topological polar surface area (TPSA) is 62.1 Å². The second-order valence-corrected chi connectivity index (χ2v) is 6.18. The lowest BCUT2D eigenvalue weighted by Crippen LogP contribution is -2.07. The zero-order chi connectivity index (χ0) is 15.1. The van der Waals surface area contributed by atoms with Crippen LogP contribution in [0.2, 0.25) is 0 Å². The number of thiazole rings is 1. The van der Waals surface area contributed by atoms with E-state index in [0.29, 0.717) is 25.9 Å². The van der Waals surface area contributed by atoms with Gasteiger partial charge < -0.3 is 9.47 Å². The maximum absolute atomic E-state index is 5.40. The summed E-state index contributed by atoms with van der Waals surface area (Å²) in [6, 6.07) is 0. The first kappa shape index (κ1) is 16.1. The molecule has 0 fully saturated rings. The first-order valence-electron chi connectivity index (χ1n) is 7.10. The molecular weight excluding hydrogens is 288 g/mol. The number of hydrogen-bond acceptors (Lipinski definition) is 6. The Morgan fingerprint density at radius 2 is 2.14 bits per heavy atom. The summed E-state index contributed by atoms with van der Waals surface area (Å²) < 4.78 is 12.0. The zero-order valence-electron chi connectivity index (χ0n) is 12.8. The van der Waals surface area contributed by atoms with E-state index in [9.17, 15) is 0 Å². The highest BCUT2D eigenvalue weighted by Gasteiger charge is 2.09. The molecule has 0 unspecified atom stereocenters. The van der Waals surface area contributed by atoms with Crippen LogP contribution in [0.5, 0.6) is 0 Å². The fourth-order valence-corrected chi connectivity index (χ4v) is 2.54. The van der Waals surface area contributed by atoms with E-state index in [4.69, 9.17) is 9.47 Å². The Labute approximate surface area is 129 Å². The number of ether oxygens (including phenoxy) is 2. The zero-order valence-corrected chi connectivity index (χ0v) is 13.6. The number of nitrogens with zero attached hydrogens (tertiary/aromatic N) is 4. The Morgan fingerprint density at radius 3 is 2.90 bits per heavy atom. The van der Waals surface area contributed by atoms with Crippen molar-refractivity contribution >= 4 is 11.3 Å². The van der Waals surface area contributed by atoms with Crippen molar-refractivity contribution in [2.45, 2.75) is 33.4 Å². The van der Waals surface area contributed by atoms with Gasteiger partial charge in [-0.3, -0.25) is 0 Å². The molecule has 0 saturated heterocycles. The minimum atomic E-state index is 0.376. The van der Waals surface area contributed by atoms with Crippen LogP contribution < -0.4 is 0 Å². The number of rotatable bonds is 9. The quantitative estimate of drug-likeness (QED) is 0.666. The van der Waals surface area contributed by atoms with Crippen LogP contribution in [0.3, 0.4) is 0 Å². The van der Waals surface area contributed by atoms with Crippen molar-refractivity contribution in [2.75, 3.05) is 20.3 Å². The molecule has 2 aromatic rings. The second-order valence-electron chi connectivity index (χ2n) is 5.23. The van der Waals surface area contributed by atoms with Gasteiger partial charge in [-0.05, 0) is 18.8 Å². The molecule has 0 radical (unpaired) electrons. The van der Waals surface area contributed by atoms with Gasteiger partial charge in [0.15, 0.2) is 0 Å². The Balaban J connectivity index is 1.88. The fourth-order valence-electron chi connectivity index (χ4n) is 1.73. The monoisotopic (exact) mass is 310 g/mol. The average Bonchev–Trinajstić information content (AvgIpc) is 3.10. The molecule has 0 saturated carbocycles. The number of aryl methyl sites for hydroxylation is 1. The van der Waals surface area contributed by atoms with Gasteiger partial charge in [0.05, 0.1) is 24.4 Å². The van der Waals surface area contributed by atoms with Crippen molar-refractivity contribution in [3.8, 4) is 11.4 Å². The van der Waals surface area contributed by atoms with Gasteiger partial charge in [-0.25, -0.2) is 9.67 Å². The SMILES string of the molecule is COCCOCn1cc(-c2csc(CCC(C)C)n2)nn1. The summed E-state index contributed by atoms with van der Waals surface area (Å²) in [5.74, 6) is 0.697. The lowest BCUT2D eigenvalue weighted by molar-refractivity contribution is 0.0281. The molecule has 21 heavy (non-hydrogen) atoms. The summed E-state index contributed by atoms with van der Waals surface area (Å²) in [5, 5.41) is 11.4. The van der Waals surface area contributed by atoms with Gasteiger partial charge in [-0.2, -0.15) is 0 Å². The Hall–Kier alpha value is -1.31. The van der Waals surface area contributed by atoms with Crippen molar-refractivity contribution in [3.63, 3.8) is 0 Å². The molecule has 0 spiro atoms. The summed E-state index contributed by atoms with van der Waals surface area (Å²) in [6.07, 6.45) is 4.04. The summed E-state index contributed by atoms with van der Waals surface area (Å²) in [4.78, 5) is 4.62. The first-order chi connectivity index (χ1) is 10.2. The highest BCUT2D eigenvalue weighted by molar-refractivity contribution is 7.09. The third-order valence-corrected chi connectivity index (χ3v) is 3.85. The van der Waals surface area contributed by atoms with Crippen molar-refractivity contribution < 1.29 is 9.47 Å². The van der Waals surface area contributed by atoms with E-state index in [-0.39, 0.29) is 0 Å². The molecule has 2 aromatic heterocycles. The summed E-state index contributed by atoms with van der Waals surface area (Å²) in [6.45, 7) is 5.95. The molecule has 0 aromatic carbocycles. The number of hydrogen-bond donors (Lipinski definition) is 0. The third-order valence-electron chi connectivity index (χ3n) is 2.94. The normalized spacial score (nSPS) is 11.4. The number of methoxy groups -OCH3 is 1. The standard InChI is InChI=1S/C14H22N4O2S/c1-11(2)4-5-14-15-13(9-21-14)12-8-18(17-16-12)10-20-7-6-19-3/h8-9,11H,4-7,10H2,1-3H3. The van der Waals surface area contributed by atoms with Crippen LogP contribution in [0, 0.1) is 5.92 Å². The molecule has 0 aliphatic carbocycles. The summed E-state index contributed by atoms with van der Waals surface area (Å²) >= 11 is 1.68. The van der Waals surface area contributed by atoms with E-state index in [2.05, 4.69) is 29.1 Å². The van der Waals surface area contributed by atoms with E-state index in [1.807, 2.05) is 11.6 Å². The highest BCUT2D eigenvalue weighted by Crippen LogP contribution is 2.21. The van der Waals surface area contributed by atoms with Gasteiger partial charge >= 0.3 is 0 Å². The molecule has 2 heterocycles. The van der Waals surface area contributed by atoms with Gasteiger partial charge in [0.1, 0.15) is 18.1 Å². The van der Waals surface area contributed by atoms with Gasteiger partial charge in [-0.15, -0.1) is 16.4 Å². The van der Waals surface area contributed by atoms with E-state index in [1.54, 1.807) is 23.1 Å². The van der Waals surface area contributed by atoms with Crippen molar-refractivity contribution in [1.82, 2.24) is 20.0 Å². The maximum Gasteiger partial charge on any atom is 0.141 e. The smallest absolute Gasteiger partial charge is 0.141 e. The predicted octanol–water partition coefficient (Wildman–Crippen LogP) is 2.61. The lowest BCUT2D eigenvalue weighted by atomic mass is 10.1. The highest BCUT2D eigenvalue weighted by atomic mass is 32.1. The van der Waals surface area contributed by atoms with Crippen LogP contribution >= 0.6 is 11.3 Å². The van der Waals surface area contributed by atoms with Crippen LogP contribution in [0.1, 0.15) is 25.3 Å². The fraction of sp³-hybridized carbons (Fsp3) is 0.643. The molecular formula is C14H22N4O2S. The largest absolute Gasteiger partial charge is 0.382 e. The Bertz CT molecular complexity index is 539. The number of aromatic nitrogens is 4. The molecule has 7 heteroatoms. The van der Waals surface area contributed by atoms with Crippen LogP contribution in [0.25, 0.3) is 11.4 Å². The molecule has 0 amide bonds. The molecule has 0 atom stereocenters. The Kier molecular flexibility index (Phi) is 6.28. The van der Waals surface area contributed by atoms with Crippen LogP contribution in [0.4, 0.5) is 0 Å². The second kappa shape index (κ2) is 8.21. The first-order valence-corrected chi connectivity index (χ1v) is 7.98. The van der Waals surface area contributed by atoms with E-state index in [1.165, 1.54) is 0 Å². The van der Waals surface area contributed by atoms with E-state index in [0.717, 1.165) is 29.2 Å². The molecule has 116 valence electrons. The van der Waals surface area contributed by atoms with Crippen LogP contribution in [0.15, 0.2) is 11.6 Å². The van der Waals surface area contributed by atoms with Crippen molar-refractivity contribution in [1.29, 1.82) is 0 Å². The third kappa shape index (κ3) is 5.18. The molecule has 0 aliphatic heterocycles. The predicted molar refractivity (Wildman–Crippen MR) is 82.1 cm³/mol. The Morgan fingerprint density at radius 1 is 1.29 bits per heavy atom. The van der Waals surface area contributed by atoms with E-state index >= 15 is 0 Å². The lowest BCUT2D eigenvalue weighted by Gasteiger charge is -2.01. The molecule has 6 nitrogen and oxygen atoms in total. The van der Waals surface area contributed by atoms with Gasteiger partial charge in [0.25, 0.3) is 0 Å². The molecule has 0 N–H and O–H groups in total. The minimum Gasteiger partial charge on any atom is -0.382 e. The van der Waals surface area contributed by atoms with Gasteiger partial charge in [0, 0.05) is 12.5 Å².